The van der Waals surface area contributed by atoms with Crippen molar-refractivity contribution < 1.29 is 8.42 Å². The molecule has 1 saturated heterocycles. The van der Waals surface area contributed by atoms with Gasteiger partial charge in [-0.15, -0.1) is 0 Å². The molecule has 0 aromatic carbocycles. The molecule has 108 valence electrons. The molecule has 0 aliphatic carbocycles. The second kappa shape index (κ2) is 5.75. The first kappa shape index (κ1) is 14.7. The van der Waals surface area contributed by atoms with Crippen LogP contribution in [0.1, 0.15) is 5.56 Å². The van der Waals surface area contributed by atoms with Gasteiger partial charge in [-0.2, -0.15) is 22.3 Å². The fourth-order valence-corrected chi connectivity index (χ4v) is 3.13. The monoisotopic (exact) mass is 295 g/mol. The number of pyridine rings is 1. The minimum Gasteiger partial charge on any atom is -0.354 e. The van der Waals surface area contributed by atoms with Crippen LogP contribution in [0.15, 0.2) is 18.3 Å². The van der Waals surface area contributed by atoms with E-state index in [0.29, 0.717) is 37.6 Å². The Morgan fingerprint density at radius 3 is 2.50 bits per heavy atom. The topological polar surface area (TPSA) is 80.5 Å². The number of hydrogen-bond donors (Lipinski definition) is 0. The van der Waals surface area contributed by atoms with Gasteiger partial charge in [0, 0.05) is 46.5 Å². The largest absolute Gasteiger partial charge is 0.354 e. The number of nitrogens with zero attached hydrogens (tertiary/aromatic N) is 5. The third-order valence-electron chi connectivity index (χ3n) is 3.22. The molecule has 1 aliphatic heterocycles. The average molecular weight is 295 g/mol. The summed E-state index contributed by atoms with van der Waals surface area (Å²) < 4.78 is 26.7. The van der Waals surface area contributed by atoms with E-state index in [4.69, 9.17) is 5.26 Å². The fourth-order valence-electron chi connectivity index (χ4n) is 2.04. The molecule has 0 radical (unpaired) electrons. The number of aromatic nitrogens is 1. The van der Waals surface area contributed by atoms with Crippen molar-refractivity contribution in [3.05, 3.63) is 23.9 Å². The van der Waals surface area contributed by atoms with Gasteiger partial charge in [0.15, 0.2) is 0 Å². The molecule has 2 rings (SSSR count). The van der Waals surface area contributed by atoms with Gasteiger partial charge in [-0.25, -0.2) is 4.98 Å². The molecular formula is C12H17N5O2S. The van der Waals surface area contributed by atoms with E-state index in [9.17, 15) is 8.42 Å². The van der Waals surface area contributed by atoms with E-state index in [2.05, 4.69) is 11.1 Å². The lowest BCUT2D eigenvalue weighted by Gasteiger charge is -2.35. The van der Waals surface area contributed by atoms with Crippen molar-refractivity contribution in [2.75, 3.05) is 45.2 Å². The molecule has 1 aliphatic rings. The second-order valence-corrected chi connectivity index (χ2v) is 6.83. The third-order valence-corrected chi connectivity index (χ3v) is 5.17. The van der Waals surface area contributed by atoms with Crippen LogP contribution in [0.5, 0.6) is 0 Å². The van der Waals surface area contributed by atoms with Gasteiger partial charge in [-0.1, -0.05) is 0 Å². The Morgan fingerprint density at radius 2 is 1.95 bits per heavy atom. The van der Waals surface area contributed by atoms with Crippen LogP contribution >= 0.6 is 0 Å². The van der Waals surface area contributed by atoms with E-state index in [-0.39, 0.29) is 0 Å². The van der Waals surface area contributed by atoms with Crippen LogP contribution in [0, 0.1) is 11.3 Å². The number of anilines is 1. The highest BCUT2D eigenvalue weighted by molar-refractivity contribution is 7.86. The first-order valence-corrected chi connectivity index (χ1v) is 7.63. The molecule has 7 nitrogen and oxygen atoms in total. The van der Waals surface area contributed by atoms with Crippen LogP contribution in [-0.4, -0.2) is 62.3 Å². The predicted octanol–water partition coefficient (Wildman–Crippen LogP) is -0.118. The normalized spacial score (nSPS) is 17.2. The highest BCUT2D eigenvalue weighted by Gasteiger charge is 2.28. The van der Waals surface area contributed by atoms with Gasteiger partial charge in [0.25, 0.3) is 10.2 Å². The maximum Gasteiger partial charge on any atom is 0.281 e. The first-order chi connectivity index (χ1) is 9.45. The van der Waals surface area contributed by atoms with Crippen molar-refractivity contribution >= 4 is 16.0 Å². The predicted molar refractivity (Wildman–Crippen MR) is 75.3 cm³/mol. The Bertz CT molecular complexity index is 615. The molecular weight excluding hydrogens is 278 g/mol. The Hall–Kier alpha value is -1.69. The summed E-state index contributed by atoms with van der Waals surface area (Å²) in [7, 11) is -0.296. The van der Waals surface area contributed by atoms with E-state index >= 15 is 0 Å². The summed E-state index contributed by atoms with van der Waals surface area (Å²) in [4.78, 5) is 6.22. The van der Waals surface area contributed by atoms with E-state index in [1.165, 1.54) is 22.7 Å². The van der Waals surface area contributed by atoms with Crippen molar-refractivity contribution in [1.29, 1.82) is 5.26 Å². The van der Waals surface area contributed by atoms with Gasteiger partial charge >= 0.3 is 0 Å². The van der Waals surface area contributed by atoms with Gasteiger partial charge in [0.2, 0.25) is 0 Å². The Balaban J connectivity index is 2.07. The molecule has 0 bridgehead atoms. The quantitative estimate of drug-likeness (QED) is 0.777. The van der Waals surface area contributed by atoms with E-state index in [1.54, 1.807) is 18.3 Å². The Morgan fingerprint density at radius 1 is 1.30 bits per heavy atom. The highest BCUT2D eigenvalue weighted by atomic mass is 32.2. The summed E-state index contributed by atoms with van der Waals surface area (Å²) in [6.07, 6.45) is 1.59. The maximum absolute atomic E-state index is 12.0. The molecule has 0 spiro atoms. The number of piperazine rings is 1. The van der Waals surface area contributed by atoms with Gasteiger partial charge in [0.05, 0.1) is 11.6 Å². The zero-order valence-electron chi connectivity index (χ0n) is 11.5. The summed E-state index contributed by atoms with van der Waals surface area (Å²) in [6, 6.07) is 5.44. The molecule has 0 amide bonds. The van der Waals surface area contributed by atoms with Crippen LogP contribution in [0.3, 0.4) is 0 Å². The molecule has 20 heavy (non-hydrogen) atoms. The Labute approximate surface area is 119 Å². The summed E-state index contributed by atoms with van der Waals surface area (Å²) in [6.45, 7) is 1.96. The molecule has 1 fully saturated rings. The lowest BCUT2D eigenvalue weighted by Crippen LogP contribution is -2.51. The minimum atomic E-state index is -3.35. The zero-order chi connectivity index (χ0) is 14.8. The molecule has 2 heterocycles. The van der Waals surface area contributed by atoms with E-state index in [0.717, 1.165) is 0 Å². The summed E-state index contributed by atoms with van der Waals surface area (Å²) in [5.74, 6) is 0.714. The lowest BCUT2D eigenvalue weighted by molar-refractivity contribution is 0.355. The Kier molecular flexibility index (Phi) is 4.23. The SMILES string of the molecule is CN(C)S(=O)(=O)N1CCN(c2cc(C#N)ccn2)CC1. The first-order valence-electron chi connectivity index (χ1n) is 6.24. The summed E-state index contributed by atoms with van der Waals surface area (Å²) in [5.41, 5.74) is 0.554. The molecule has 1 aromatic rings. The zero-order valence-corrected chi connectivity index (χ0v) is 12.3. The van der Waals surface area contributed by atoms with Crippen molar-refractivity contribution in [1.82, 2.24) is 13.6 Å². The highest BCUT2D eigenvalue weighted by Crippen LogP contribution is 2.16. The molecule has 0 N–H and O–H groups in total. The van der Waals surface area contributed by atoms with Crippen LogP contribution in [0.25, 0.3) is 0 Å². The molecule has 0 atom stereocenters. The lowest BCUT2D eigenvalue weighted by atomic mass is 10.2. The molecule has 8 heteroatoms. The minimum absolute atomic E-state index is 0.416. The van der Waals surface area contributed by atoms with Gasteiger partial charge < -0.3 is 4.90 Å². The second-order valence-electron chi connectivity index (χ2n) is 4.69. The number of rotatable bonds is 3. The van der Waals surface area contributed by atoms with Crippen LogP contribution in [0.4, 0.5) is 5.82 Å². The van der Waals surface area contributed by atoms with Gasteiger partial charge in [0.1, 0.15) is 5.82 Å². The van der Waals surface area contributed by atoms with Crippen molar-refractivity contribution in [3.63, 3.8) is 0 Å². The molecule has 0 saturated carbocycles. The van der Waals surface area contributed by atoms with Crippen LogP contribution < -0.4 is 4.90 Å². The maximum atomic E-state index is 12.0. The number of nitriles is 1. The molecule has 0 unspecified atom stereocenters. The van der Waals surface area contributed by atoms with Gasteiger partial charge in [-0.3, -0.25) is 0 Å². The summed E-state index contributed by atoms with van der Waals surface area (Å²) >= 11 is 0. The third kappa shape index (κ3) is 2.90. The van der Waals surface area contributed by atoms with Crippen molar-refractivity contribution in [3.8, 4) is 6.07 Å². The summed E-state index contributed by atoms with van der Waals surface area (Å²) in [5, 5.41) is 8.88. The van der Waals surface area contributed by atoms with Crippen molar-refractivity contribution in [2.24, 2.45) is 0 Å². The molecule has 1 aromatic heterocycles. The van der Waals surface area contributed by atoms with Gasteiger partial charge in [-0.05, 0) is 12.1 Å². The van der Waals surface area contributed by atoms with E-state index < -0.39 is 10.2 Å². The van der Waals surface area contributed by atoms with Crippen molar-refractivity contribution in [2.45, 2.75) is 0 Å². The standard InChI is InChI=1S/C12H17N5O2S/c1-15(2)20(18,19)17-7-5-16(6-8-17)12-9-11(10-13)3-4-14-12/h3-4,9H,5-8H2,1-2H3. The van der Waals surface area contributed by atoms with Crippen LogP contribution in [-0.2, 0) is 10.2 Å². The fraction of sp³-hybridized carbons (Fsp3) is 0.500. The van der Waals surface area contributed by atoms with E-state index in [1.807, 2.05) is 4.90 Å². The average Bonchev–Trinajstić information content (AvgIpc) is 2.47. The number of hydrogen-bond acceptors (Lipinski definition) is 5. The smallest absolute Gasteiger partial charge is 0.281 e. The van der Waals surface area contributed by atoms with Crippen LogP contribution in [0.2, 0.25) is 0 Å².